The van der Waals surface area contributed by atoms with E-state index < -0.39 is 0 Å². The van der Waals surface area contributed by atoms with Crippen LogP contribution in [0, 0.1) is 5.41 Å². The number of allylic oxidation sites excluding steroid dienone is 2. The van der Waals surface area contributed by atoms with E-state index in [9.17, 15) is 4.79 Å². The van der Waals surface area contributed by atoms with E-state index in [1.165, 1.54) is 13.0 Å². The van der Waals surface area contributed by atoms with Crippen molar-refractivity contribution < 1.29 is 4.79 Å². The van der Waals surface area contributed by atoms with E-state index in [1.807, 2.05) is 0 Å². The molecule has 0 saturated carbocycles. The fraction of sp³-hybridized carbons (Fsp3) is 0.250. The van der Waals surface area contributed by atoms with Gasteiger partial charge in [-0.3, -0.25) is 4.79 Å². The van der Waals surface area contributed by atoms with Gasteiger partial charge in [-0.1, -0.05) is 6.58 Å². The lowest BCUT2D eigenvalue weighted by Gasteiger charge is -2.04. The molecule has 0 aliphatic rings. The Bertz CT molecular complexity index is 216. The molecule has 0 radical (unpaired) electrons. The molecule has 0 unspecified atom stereocenters. The zero-order valence-corrected chi connectivity index (χ0v) is 6.77. The second-order valence-electron chi connectivity index (χ2n) is 2.21. The molecule has 1 amide bonds. The van der Waals surface area contributed by atoms with Crippen molar-refractivity contribution in [3.63, 3.8) is 0 Å². The number of amides is 1. The molecule has 0 fully saturated rings. The van der Waals surface area contributed by atoms with Gasteiger partial charge in [0.25, 0.3) is 0 Å². The van der Waals surface area contributed by atoms with E-state index in [1.54, 1.807) is 6.92 Å². The Morgan fingerprint density at radius 2 is 2.09 bits per heavy atom. The van der Waals surface area contributed by atoms with Crippen molar-refractivity contribution in [1.82, 2.24) is 5.32 Å². The molecule has 0 heterocycles. The van der Waals surface area contributed by atoms with Gasteiger partial charge in [-0.15, -0.1) is 0 Å². The van der Waals surface area contributed by atoms with Crippen molar-refractivity contribution in [3.05, 3.63) is 23.9 Å². The number of hydrogen-bond acceptors (Lipinski definition) is 2. The van der Waals surface area contributed by atoms with Crippen molar-refractivity contribution in [2.45, 2.75) is 13.8 Å². The molecule has 0 spiro atoms. The molecular weight excluding hydrogens is 140 g/mol. The molecule has 0 aliphatic carbocycles. The molecule has 0 aliphatic heterocycles. The molecule has 0 aromatic heterocycles. The summed E-state index contributed by atoms with van der Waals surface area (Å²) in [6.45, 7) is 6.83. The topological polar surface area (TPSA) is 53.0 Å². The maximum Gasteiger partial charge on any atom is 0.221 e. The summed E-state index contributed by atoms with van der Waals surface area (Å²) in [6.07, 6.45) is 2.60. The second kappa shape index (κ2) is 4.44. The Hall–Kier alpha value is -1.38. The summed E-state index contributed by atoms with van der Waals surface area (Å²) < 4.78 is 0. The fourth-order valence-electron chi connectivity index (χ4n) is 0.564. The van der Waals surface area contributed by atoms with E-state index in [4.69, 9.17) is 5.41 Å². The average molecular weight is 152 g/mol. The van der Waals surface area contributed by atoms with Crippen molar-refractivity contribution in [2.24, 2.45) is 0 Å². The standard InChI is InChI=1S/C8H12N2O/c1-6(2)8(4-5-9)10-7(3)11/h4-5,9H,1H2,2-3H3,(H,10,11)/b8-4+,9-5?. The number of hydrogen-bond donors (Lipinski definition) is 2. The van der Waals surface area contributed by atoms with Gasteiger partial charge in [0.15, 0.2) is 0 Å². The minimum Gasteiger partial charge on any atom is -0.326 e. The summed E-state index contributed by atoms with van der Waals surface area (Å²) in [5, 5.41) is 9.33. The van der Waals surface area contributed by atoms with Crippen molar-refractivity contribution in [2.75, 3.05) is 0 Å². The Balaban J connectivity index is 4.35. The van der Waals surface area contributed by atoms with Gasteiger partial charge in [0.1, 0.15) is 0 Å². The Labute approximate surface area is 66.3 Å². The van der Waals surface area contributed by atoms with Gasteiger partial charge < -0.3 is 10.7 Å². The van der Waals surface area contributed by atoms with Crippen LogP contribution in [0.15, 0.2) is 23.9 Å². The first-order valence-electron chi connectivity index (χ1n) is 3.22. The van der Waals surface area contributed by atoms with Crippen LogP contribution in [-0.2, 0) is 4.79 Å². The van der Waals surface area contributed by atoms with Crippen LogP contribution in [0.3, 0.4) is 0 Å². The van der Waals surface area contributed by atoms with Crippen molar-refractivity contribution in [1.29, 1.82) is 5.41 Å². The van der Waals surface area contributed by atoms with Gasteiger partial charge in [0.2, 0.25) is 5.91 Å². The summed E-state index contributed by atoms with van der Waals surface area (Å²) in [5.41, 5.74) is 1.33. The maximum absolute atomic E-state index is 10.6. The molecule has 0 rings (SSSR count). The van der Waals surface area contributed by atoms with Crippen LogP contribution in [0.5, 0.6) is 0 Å². The predicted octanol–water partition coefficient (Wildman–Crippen LogP) is 1.23. The van der Waals surface area contributed by atoms with E-state index >= 15 is 0 Å². The van der Waals surface area contributed by atoms with Gasteiger partial charge in [0.05, 0.1) is 0 Å². The van der Waals surface area contributed by atoms with Crippen LogP contribution >= 0.6 is 0 Å². The molecule has 60 valence electrons. The highest BCUT2D eigenvalue weighted by atomic mass is 16.1. The van der Waals surface area contributed by atoms with Crippen LogP contribution < -0.4 is 5.32 Å². The zero-order chi connectivity index (χ0) is 8.85. The highest BCUT2D eigenvalue weighted by molar-refractivity contribution is 5.79. The largest absolute Gasteiger partial charge is 0.326 e. The maximum atomic E-state index is 10.6. The summed E-state index contributed by atoms with van der Waals surface area (Å²) in [6, 6.07) is 0. The Kier molecular flexibility index (Phi) is 3.88. The van der Waals surface area contributed by atoms with E-state index in [2.05, 4.69) is 11.9 Å². The number of rotatable bonds is 3. The van der Waals surface area contributed by atoms with Crippen LogP contribution in [0.2, 0.25) is 0 Å². The van der Waals surface area contributed by atoms with Crippen LogP contribution in [-0.4, -0.2) is 12.1 Å². The minimum atomic E-state index is -0.152. The normalized spacial score (nSPS) is 10.5. The fourth-order valence-corrected chi connectivity index (χ4v) is 0.564. The summed E-state index contributed by atoms with van der Waals surface area (Å²) in [4.78, 5) is 10.6. The molecule has 3 nitrogen and oxygen atoms in total. The summed E-state index contributed by atoms with van der Waals surface area (Å²) in [7, 11) is 0. The highest BCUT2D eigenvalue weighted by Gasteiger charge is 1.97. The first-order valence-corrected chi connectivity index (χ1v) is 3.22. The van der Waals surface area contributed by atoms with Crippen LogP contribution in [0.25, 0.3) is 0 Å². The molecule has 0 aromatic carbocycles. The van der Waals surface area contributed by atoms with Gasteiger partial charge in [-0.2, -0.15) is 0 Å². The third-order valence-electron chi connectivity index (χ3n) is 1.02. The van der Waals surface area contributed by atoms with Gasteiger partial charge in [-0.25, -0.2) is 0 Å². The van der Waals surface area contributed by atoms with Gasteiger partial charge in [0, 0.05) is 18.8 Å². The second-order valence-corrected chi connectivity index (χ2v) is 2.21. The lowest BCUT2D eigenvalue weighted by Crippen LogP contribution is -2.19. The van der Waals surface area contributed by atoms with E-state index in [-0.39, 0.29) is 5.91 Å². The summed E-state index contributed by atoms with van der Waals surface area (Å²) in [5.74, 6) is -0.152. The molecule has 0 aromatic rings. The van der Waals surface area contributed by atoms with E-state index in [0.717, 1.165) is 11.8 Å². The molecule has 2 N–H and O–H groups in total. The number of nitrogens with one attached hydrogen (secondary N) is 2. The monoisotopic (exact) mass is 152 g/mol. The molecule has 0 saturated heterocycles. The first kappa shape index (κ1) is 9.62. The van der Waals surface area contributed by atoms with Crippen LogP contribution in [0.1, 0.15) is 13.8 Å². The lowest BCUT2D eigenvalue weighted by molar-refractivity contribution is -0.118. The Morgan fingerprint density at radius 3 is 2.36 bits per heavy atom. The average Bonchev–Trinajstić information content (AvgIpc) is 1.86. The van der Waals surface area contributed by atoms with Gasteiger partial charge in [-0.05, 0) is 18.6 Å². The molecule has 11 heavy (non-hydrogen) atoms. The predicted molar refractivity (Wildman–Crippen MR) is 45.5 cm³/mol. The number of carbonyl (C=O) groups excluding carboxylic acids is 1. The summed E-state index contributed by atoms with van der Waals surface area (Å²) >= 11 is 0. The molecule has 0 bridgehead atoms. The molecule has 0 atom stereocenters. The van der Waals surface area contributed by atoms with Crippen molar-refractivity contribution >= 4 is 12.1 Å². The number of carbonyl (C=O) groups is 1. The minimum absolute atomic E-state index is 0.152. The smallest absolute Gasteiger partial charge is 0.221 e. The van der Waals surface area contributed by atoms with Crippen LogP contribution in [0.4, 0.5) is 0 Å². The quantitative estimate of drug-likeness (QED) is 0.464. The van der Waals surface area contributed by atoms with E-state index in [0.29, 0.717) is 5.70 Å². The van der Waals surface area contributed by atoms with Crippen molar-refractivity contribution in [3.8, 4) is 0 Å². The third kappa shape index (κ3) is 4.08. The Morgan fingerprint density at radius 1 is 1.55 bits per heavy atom. The molecular formula is C8H12N2O. The third-order valence-corrected chi connectivity index (χ3v) is 1.02. The lowest BCUT2D eigenvalue weighted by atomic mass is 10.2. The highest BCUT2D eigenvalue weighted by Crippen LogP contribution is 2.00. The van der Waals surface area contributed by atoms with Gasteiger partial charge >= 0.3 is 0 Å². The SMILES string of the molecule is C=C(C)/C(=C\C=N)NC(C)=O. The molecule has 3 heteroatoms. The zero-order valence-electron chi connectivity index (χ0n) is 6.77. The first-order chi connectivity index (χ1) is 5.07.